The molecule has 0 bridgehead atoms. The second-order valence-corrected chi connectivity index (χ2v) is 11.7. The zero-order valence-electron chi connectivity index (χ0n) is 16.1. The van der Waals surface area contributed by atoms with Gasteiger partial charge in [-0.25, -0.2) is 3.63 Å². The summed E-state index contributed by atoms with van der Waals surface area (Å²) in [5.41, 5.74) is 0. The Balaban J connectivity index is 5.26. The minimum absolute atomic E-state index is 0.0691. The Morgan fingerprint density at radius 2 is 1.21 bits per heavy atom. The van der Waals surface area contributed by atoms with Gasteiger partial charge in [-0.3, -0.25) is 4.79 Å². The fourth-order valence-electron chi connectivity index (χ4n) is 2.47. The maximum Gasteiger partial charge on any atom is 0.276 e. The molecule has 146 valence electrons. The van der Waals surface area contributed by atoms with E-state index < -0.39 is 20.4 Å². The molecule has 0 saturated carbocycles. The summed E-state index contributed by atoms with van der Waals surface area (Å²) in [5, 5.41) is 0. The zero-order valence-corrected chi connectivity index (χ0v) is 17.8. The lowest BCUT2D eigenvalue weighted by Crippen LogP contribution is -2.26. The van der Waals surface area contributed by atoms with Crippen LogP contribution in [0.3, 0.4) is 0 Å². The molecule has 0 aromatic heterocycles. The smallest absolute Gasteiger partial charge is 0.276 e. The molecule has 0 unspecified atom stereocenters. The maximum absolute atomic E-state index is 12.4. The van der Waals surface area contributed by atoms with Crippen molar-refractivity contribution < 1.29 is 16.8 Å². The van der Waals surface area contributed by atoms with E-state index in [9.17, 15) is 13.2 Å². The Labute approximate surface area is 151 Å². The van der Waals surface area contributed by atoms with E-state index in [2.05, 4.69) is 20.8 Å². The van der Waals surface area contributed by atoms with E-state index in [1.54, 1.807) is 0 Å². The van der Waals surface area contributed by atoms with Crippen molar-refractivity contribution in [2.45, 2.75) is 85.5 Å². The number of rotatable bonds is 16. The van der Waals surface area contributed by atoms with Crippen LogP contribution < -0.4 is 0 Å². The summed E-state index contributed by atoms with van der Waals surface area (Å²) in [7, 11) is -5.42. The van der Waals surface area contributed by atoms with Gasteiger partial charge in [0.2, 0.25) is 0 Å². The van der Waals surface area contributed by atoms with Gasteiger partial charge in [0.25, 0.3) is 10.1 Å². The number of ketones is 1. The molecular weight excluding hydrogens is 344 g/mol. The Bertz CT molecular complexity index is 424. The van der Waals surface area contributed by atoms with Crippen LogP contribution in [0.15, 0.2) is 0 Å². The van der Waals surface area contributed by atoms with Crippen LogP contribution in [-0.2, 0) is 18.5 Å². The zero-order chi connectivity index (χ0) is 18.5. The molecule has 0 aromatic carbocycles. The molecule has 0 atom stereocenters. The molecule has 0 radical (unpaired) electrons. The van der Waals surface area contributed by atoms with Gasteiger partial charge in [0.15, 0.2) is 0 Å². The number of carbonyl (C=O) groups is 1. The highest BCUT2D eigenvalue weighted by Gasteiger charge is 2.32. The molecule has 0 amide bonds. The Hall–Kier alpha value is -0.0700. The minimum atomic E-state index is -3.54. The third-order valence-electron chi connectivity index (χ3n) is 3.97. The summed E-state index contributed by atoms with van der Waals surface area (Å²) in [5.74, 6) is 2.02. The van der Waals surface area contributed by atoms with E-state index in [0.717, 1.165) is 56.5 Å². The highest BCUT2D eigenvalue weighted by molar-refractivity contribution is 8.33. The van der Waals surface area contributed by atoms with Crippen LogP contribution >= 0.6 is 10.3 Å². The average molecular weight is 383 g/mol. The first kappa shape index (κ1) is 23.9. The predicted molar refractivity (Wildman–Crippen MR) is 106 cm³/mol. The summed E-state index contributed by atoms with van der Waals surface area (Å²) in [6.07, 6.45) is 7.65. The van der Waals surface area contributed by atoms with Gasteiger partial charge in [0.1, 0.15) is 5.78 Å². The van der Waals surface area contributed by atoms with Crippen molar-refractivity contribution in [2.24, 2.45) is 0 Å². The first-order valence-corrected chi connectivity index (χ1v) is 13.2. The third kappa shape index (κ3) is 10.7. The summed E-state index contributed by atoms with van der Waals surface area (Å²) < 4.78 is 30.6. The lowest BCUT2D eigenvalue weighted by Gasteiger charge is -2.38. The number of unbranched alkanes of at least 4 members (excludes halogenated alkanes) is 4. The van der Waals surface area contributed by atoms with Crippen LogP contribution in [0, 0.1) is 0 Å². The van der Waals surface area contributed by atoms with E-state index in [1.807, 2.05) is 6.92 Å². The Morgan fingerprint density at radius 3 is 1.67 bits per heavy atom. The number of Topliss-reactive ketones (excluding diaryl/α,β-unsaturated/α-hetero) is 1. The summed E-state index contributed by atoms with van der Waals surface area (Å²) in [6, 6.07) is 0. The molecular formula is C18H38O4S2. The highest BCUT2D eigenvalue weighted by Crippen LogP contribution is 2.52. The van der Waals surface area contributed by atoms with Crippen molar-refractivity contribution in [3.8, 4) is 0 Å². The monoisotopic (exact) mass is 382 g/mol. The number of carbonyl (C=O) groups excluding carboxylic acids is 1. The van der Waals surface area contributed by atoms with Crippen molar-refractivity contribution in [1.82, 2.24) is 0 Å². The highest BCUT2D eigenvalue weighted by atomic mass is 32.3. The topological polar surface area (TPSA) is 60.4 Å². The molecule has 0 fully saturated rings. The summed E-state index contributed by atoms with van der Waals surface area (Å²) >= 11 is 0. The molecule has 0 N–H and O–H groups in total. The molecule has 0 aromatic rings. The first-order chi connectivity index (χ1) is 11.3. The summed E-state index contributed by atoms with van der Waals surface area (Å²) in [4.78, 5) is 12.4. The van der Waals surface area contributed by atoms with Gasteiger partial charge >= 0.3 is 0 Å². The van der Waals surface area contributed by atoms with E-state index >= 15 is 0 Å². The molecule has 0 aliphatic heterocycles. The van der Waals surface area contributed by atoms with Gasteiger partial charge in [-0.2, -0.15) is 8.42 Å². The summed E-state index contributed by atoms with van der Waals surface area (Å²) in [6.45, 7) is 8.22. The van der Waals surface area contributed by atoms with Gasteiger partial charge in [-0.15, -0.1) is 10.3 Å². The Kier molecular flexibility index (Phi) is 13.1. The van der Waals surface area contributed by atoms with E-state index in [-0.39, 0.29) is 11.5 Å². The fourth-order valence-corrected chi connectivity index (χ4v) is 8.73. The van der Waals surface area contributed by atoms with Crippen molar-refractivity contribution in [1.29, 1.82) is 0 Å². The van der Waals surface area contributed by atoms with Crippen molar-refractivity contribution in [3.63, 3.8) is 0 Å². The van der Waals surface area contributed by atoms with Crippen LogP contribution in [-0.4, -0.2) is 37.2 Å². The molecule has 0 spiro atoms. The lowest BCUT2D eigenvalue weighted by molar-refractivity contribution is -0.116. The van der Waals surface area contributed by atoms with Gasteiger partial charge < -0.3 is 0 Å². The molecule has 0 aliphatic carbocycles. The minimum Gasteiger partial charge on any atom is -0.299 e. The molecule has 0 rings (SSSR count). The predicted octanol–water partition coefficient (Wildman–Crippen LogP) is 5.21. The molecule has 4 nitrogen and oxygen atoms in total. The molecule has 24 heavy (non-hydrogen) atoms. The quantitative estimate of drug-likeness (QED) is 0.367. The largest absolute Gasteiger partial charge is 0.299 e. The van der Waals surface area contributed by atoms with E-state index in [1.165, 1.54) is 0 Å². The first-order valence-electron chi connectivity index (χ1n) is 9.56. The Morgan fingerprint density at radius 1 is 0.750 bits per heavy atom. The van der Waals surface area contributed by atoms with Crippen LogP contribution in [0.25, 0.3) is 0 Å². The van der Waals surface area contributed by atoms with Crippen LogP contribution in [0.2, 0.25) is 0 Å². The van der Waals surface area contributed by atoms with Crippen molar-refractivity contribution in [2.75, 3.05) is 23.0 Å². The van der Waals surface area contributed by atoms with E-state index in [4.69, 9.17) is 3.63 Å². The van der Waals surface area contributed by atoms with Crippen molar-refractivity contribution >= 4 is 26.2 Å². The normalized spacial score (nSPS) is 13.2. The van der Waals surface area contributed by atoms with Crippen LogP contribution in [0.4, 0.5) is 0 Å². The molecule has 0 saturated heterocycles. The SMILES string of the molecule is CCCCC(=O)CS(CCCC)(CCCC)OS(=O)(=O)CCCC. The number of hydrogen-bond donors (Lipinski definition) is 0. The molecule has 0 heterocycles. The second kappa shape index (κ2) is 13.2. The van der Waals surface area contributed by atoms with Gasteiger partial charge in [0.05, 0.1) is 11.5 Å². The average Bonchev–Trinajstić information content (AvgIpc) is 2.54. The maximum atomic E-state index is 12.4. The molecule has 6 heteroatoms. The van der Waals surface area contributed by atoms with Crippen LogP contribution in [0.1, 0.15) is 85.5 Å². The van der Waals surface area contributed by atoms with Gasteiger partial charge in [-0.1, -0.05) is 53.4 Å². The third-order valence-corrected chi connectivity index (χ3v) is 9.66. The van der Waals surface area contributed by atoms with Gasteiger partial charge in [0, 0.05) is 17.9 Å². The second-order valence-electron chi connectivity index (χ2n) is 6.55. The number of hydrogen-bond acceptors (Lipinski definition) is 4. The van der Waals surface area contributed by atoms with E-state index in [0.29, 0.717) is 18.6 Å². The lowest BCUT2D eigenvalue weighted by atomic mass is 10.2. The molecule has 0 aliphatic rings. The van der Waals surface area contributed by atoms with Crippen LogP contribution in [0.5, 0.6) is 0 Å². The van der Waals surface area contributed by atoms with Crippen molar-refractivity contribution in [3.05, 3.63) is 0 Å². The van der Waals surface area contributed by atoms with Gasteiger partial charge in [-0.05, 0) is 25.7 Å². The fraction of sp³-hybridized carbons (Fsp3) is 0.944. The standard InChI is InChI=1S/C18H38O4S2/c1-5-9-13-18(19)17-23(14-10-6-2,15-11-7-3)22-24(20,21)16-12-8-4/h5-17H2,1-4H3.